The monoisotopic (exact) mass is 247 g/mol. The summed E-state index contributed by atoms with van der Waals surface area (Å²) in [7, 11) is 0. The second kappa shape index (κ2) is 5.59. The topological polar surface area (TPSA) is 35.2 Å². The van der Waals surface area contributed by atoms with E-state index < -0.39 is 0 Å². The minimum Gasteiger partial charge on any atom is -0.489 e. The predicted molar refractivity (Wildman–Crippen MR) is 64.8 cm³/mol. The van der Waals surface area contributed by atoms with Crippen molar-refractivity contribution in [2.45, 2.75) is 20.0 Å². The van der Waals surface area contributed by atoms with Gasteiger partial charge >= 0.3 is 0 Å². The number of hydrogen-bond donors (Lipinski definition) is 1. The van der Waals surface area contributed by atoms with Gasteiger partial charge in [-0.2, -0.15) is 0 Å². The lowest BCUT2D eigenvalue weighted by molar-refractivity contribution is 0.165. The van der Waals surface area contributed by atoms with Gasteiger partial charge in [0.25, 0.3) is 0 Å². The average molecular weight is 248 g/mol. The summed E-state index contributed by atoms with van der Waals surface area (Å²) in [5, 5.41) is 1.13. The van der Waals surface area contributed by atoms with Crippen LogP contribution in [0.4, 0.5) is 0 Å². The van der Waals surface area contributed by atoms with Gasteiger partial charge in [-0.05, 0) is 31.7 Å². The van der Waals surface area contributed by atoms with Crippen LogP contribution in [0.1, 0.15) is 13.8 Å². The summed E-state index contributed by atoms with van der Waals surface area (Å²) in [5.41, 5.74) is 5.55. The molecule has 0 fully saturated rings. The van der Waals surface area contributed by atoms with Crippen LogP contribution in [-0.4, -0.2) is 12.6 Å². The molecule has 1 aromatic carbocycles. The molecule has 84 valence electrons. The van der Waals surface area contributed by atoms with Crippen LogP contribution in [0, 0.1) is 5.92 Å². The van der Waals surface area contributed by atoms with Crippen molar-refractivity contribution >= 4 is 23.2 Å². The molecule has 1 rings (SSSR count). The molecule has 0 aliphatic rings. The molecular formula is C11H15Cl2NO. The molecule has 0 saturated heterocycles. The van der Waals surface area contributed by atoms with E-state index in [1.165, 1.54) is 0 Å². The standard InChI is InChI=1S/C11H15Cl2NO/c1-7(6-14)8(2)15-11-4-3-9(12)5-10(11)13/h3-5,7-8H,6,14H2,1-2H3. The number of rotatable bonds is 4. The Morgan fingerprint density at radius 2 is 2.00 bits per heavy atom. The summed E-state index contributed by atoms with van der Waals surface area (Å²) in [6.45, 7) is 4.60. The lowest BCUT2D eigenvalue weighted by Crippen LogP contribution is -2.27. The maximum absolute atomic E-state index is 5.98. The van der Waals surface area contributed by atoms with E-state index in [0.717, 1.165) is 0 Å². The quantitative estimate of drug-likeness (QED) is 0.886. The van der Waals surface area contributed by atoms with Crippen molar-refractivity contribution in [3.8, 4) is 5.75 Å². The van der Waals surface area contributed by atoms with Gasteiger partial charge in [-0.1, -0.05) is 30.1 Å². The number of halogens is 2. The summed E-state index contributed by atoms with van der Waals surface area (Å²) >= 11 is 11.8. The third kappa shape index (κ3) is 3.56. The van der Waals surface area contributed by atoms with Crippen LogP contribution in [0.2, 0.25) is 10.0 Å². The van der Waals surface area contributed by atoms with Crippen LogP contribution in [-0.2, 0) is 0 Å². The Morgan fingerprint density at radius 3 is 2.53 bits per heavy atom. The number of nitrogens with two attached hydrogens (primary N) is 1. The van der Waals surface area contributed by atoms with Crippen molar-refractivity contribution in [3.05, 3.63) is 28.2 Å². The largest absolute Gasteiger partial charge is 0.489 e. The van der Waals surface area contributed by atoms with Crippen LogP contribution in [0.5, 0.6) is 5.75 Å². The molecule has 1 aromatic rings. The third-order valence-corrected chi connectivity index (χ3v) is 2.91. The molecule has 2 unspecified atom stereocenters. The van der Waals surface area contributed by atoms with Crippen LogP contribution in [0.3, 0.4) is 0 Å². The Hall–Kier alpha value is -0.440. The second-order valence-electron chi connectivity index (χ2n) is 3.61. The van der Waals surface area contributed by atoms with Crippen molar-refractivity contribution in [2.75, 3.05) is 6.54 Å². The van der Waals surface area contributed by atoms with E-state index in [1.807, 2.05) is 13.8 Å². The summed E-state index contributed by atoms with van der Waals surface area (Å²) in [6, 6.07) is 5.19. The zero-order chi connectivity index (χ0) is 11.4. The molecule has 2 N–H and O–H groups in total. The second-order valence-corrected chi connectivity index (χ2v) is 4.45. The molecule has 0 saturated carbocycles. The van der Waals surface area contributed by atoms with Gasteiger partial charge in [-0.25, -0.2) is 0 Å². The normalized spacial score (nSPS) is 14.7. The van der Waals surface area contributed by atoms with E-state index in [0.29, 0.717) is 22.3 Å². The highest BCUT2D eigenvalue weighted by Gasteiger charge is 2.13. The molecule has 0 aromatic heterocycles. The van der Waals surface area contributed by atoms with Gasteiger partial charge in [0.1, 0.15) is 5.75 Å². The average Bonchev–Trinajstić information content (AvgIpc) is 2.20. The maximum Gasteiger partial charge on any atom is 0.138 e. The first kappa shape index (κ1) is 12.6. The Morgan fingerprint density at radius 1 is 1.33 bits per heavy atom. The first-order valence-corrected chi connectivity index (χ1v) is 5.62. The summed E-state index contributed by atoms with van der Waals surface area (Å²) < 4.78 is 5.68. The minimum atomic E-state index is 0.0358. The fourth-order valence-electron chi connectivity index (χ4n) is 1.08. The molecule has 15 heavy (non-hydrogen) atoms. The van der Waals surface area contributed by atoms with Crippen molar-refractivity contribution in [3.63, 3.8) is 0 Å². The molecule has 0 aliphatic heterocycles. The predicted octanol–water partition coefficient (Wildman–Crippen LogP) is 3.36. The van der Waals surface area contributed by atoms with Crippen LogP contribution < -0.4 is 10.5 Å². The summed E-state index contributed by atoms with van der Waals surface area (Å²) in [5.74, 6) is 0.936. The van der Waals surface area contributed by atoms with Crippen molar-refractivity contribution in [2.24, 2.45) is 11.7 Å². The smallest absolute Gasteiger partial charge is 0.138 e. The van der Waals surface area contributed by atoms with Crippen LogP contribution in [0.25, 0.3) is 0 Å². The van der Waals surface area contributed by atoms with E-state index >= 15 is 0 Å². The maximum atomic E-state index is 5.98. The number of benzene rings is 1. The van der Waals surface area contributed by atoms with E-state index in [4.69, 9.17) is 33.7 Å². The zero-order valence-corrected chi connectivity index (χ0v) is 10.3. The van der Waals surface area contributed by atoms with Gasteiger partial charge in [-0.15, -0.1) is 0 Å². The molecule has 0 amide bonds. The molecule has 2 nitrogen and oxygen atoms in total. The highest BCUT2D eigenvalue weighted by Crippen LogP contribution is 2.29. The third-order valence-electron chi connectivity index (χ3n) is 2.38. The van der Waals surface area contributed by atoms with Gasteiger partial charge in [-0.3, -0.25) is 0 Å². The molecule has 0 radical (unpaired) electrons. The van der Waals surface area contributed by atoms with E-state index in [2.05, 4.69) is 0 Å². The van der Waals surface area contributed by atoms with Gasteiger partial charge in [0, 0.05) is 10.9 Å². The van der Waals surface area contributed by atoms with Crippen molar-refractivity contribution in [1.82, 2.24) is 0 Å². The minimum absolute atomic E-state index is 0.0358. The molecule has 0 heterocycles. The van der Waals surface area contributed by atoms with Crippen LogP contribution in [0.15, 0.2) is 18.2 Å². The molecule has 0 spiro atoms. The highest BCUT2D eigenvalue weighted by molar-refractivity contribution is 6.35. The Labute approximate surface area is 100 Å². The highest BCUT2D eigenvalue weighted by atomic mass is 35.5. The first-order valence-electron chi connectivity index (χ1n) is 4.86. The Kier molecular flexibility index (Phi) is 4.71. The lowest BCUT2D eigenvalue weighted by Gasteiger charge is -2.20. The fraction of sp³-hybridized carbons (Fsp3) is 0.455. The Bertz CT molecular complexity index is 330. The van der Waals surface area contributed by atoms with E-state index in [-0.39, 0.29) is 12.0 Å². The van der Waals surface area contributed by atoms with Crippen molar-refractivity contribution in [1.29, 1.82) is 0 Å². The van der Waals surface area contributed by atoms with E-state index in [9.17, 15) is 0 Å². The molecule has 0 bridgehead atoms. The SMILES string of the molecule is CC(CN)C(C)Oc1ccc(Cl)cc1Cl. The van der Waals surface area contributed by atoms with Gasteiger partial charge < -0.3 is 10.5 Å². The molecular weight excluding hydrogens is 233 g/mol. The molecule has 4 heteroatoms. The molecule has 2 atom stereocenters. The van der Waals surface area contributed by atoms with Crippen molar-refractivity contribution < 1.29 is 4.74 Å². The lowest BCUT2D eigenvalue weighted by atomic mass is 10.1. The number of hydrogen-bond acceptors (Lipinski definition) is 2. The molecule has 0 aliphatic carbocycles. The fourth-order valence-corrected chi connectivity index (χ4v) is 1.53. The van der Waals surface area contributed by atoms with Gasteiger partial charge in [0.15, 0.2) is 0 Å². The van der Waals surface area contributed by atoms with Crippen LogP contribution >= 0.6 is 23.2 Å². The zero-order valence-electron chi connectivity index (χ0n) is 8.84. The van der Waals surface area contributed by atoms with Gasteiger partial charge in [0.2, 0.25) is 0 Å². The van der Waals surface area contributed by atoms with Gasteiger partial charge in [0.05, 0.1) is 11.1 Å². The van der Waals surface area contributed by atoms with E-state index in [1.54, 1.807) is 18.2 Å². The first-order chi connectivity index (χ1) is 7.04. The summed E-state index contributed by atoms with van der Waals surface area (Å²) in [6.07, 6.45) is 0.0358. The Balaban J connectivity index is 2.72. The summed E-state index contributed by atoms with van der Waals surface area (Å²) in [4.78, 5) is 0. The number of ether oxygens (including phenoxy) is 1.